The molecular formula is C16H22N2O4. The Balaban J connectivity index is 2.31. The summed E-state index contributed by atoms with van der Waals surface area (Å²) < 4.78 is 0. The van der Waals surface area contributed by atoms with E-state index in [0.717, 1.165) is 19.3 Å². The van der Waals surface area contributed by atoms with Gasteiger partial charge in [0.15, 0.2) is 0 Å². The van der Waals surface area contributed by atoms with Crippen LogP contribution in [0.2, 0.25) is 0 Å². The van der Waals surface area contributed by atoms with Gasteiger partial charge in [-0.3, -0.25) is 14.4 Å². The van der Waals surface area contributed by atoms with Crippen LogP contribution in [0.3, 0.4) is 0 Å². The van der Waals surface area contributed by atoms with Crippen LogP contribution < -0.4 is 10.6 Å². The molecule has 0 aliphatic rings. The van der Waals surface area contributed by atoms with Gasteiger partial charge in [-0.25, -0.2) is 0 Å². The molecule has 0 aliphatic carbocycles. The molecule has 0 spiro atoms. The Bertz CT molecular complexity index is 529. The standard InChI is InChI=1S/C16H22N2O4/c1-17-15(21)12-7-6-8-13(11-12)16(22)18-10-5-3-2-4-9-14(19)20/h6-8,11H,2-5,9-10H2,1H3,(H,17,21)(H,18,22)(H,19,20). The Morgan fingerprint density at radius 2 is 1.64 bits per heavy atom. The van der Waals surface area contributed by atoms with Crippen LogP contribution in [0.5, 0.6) is 0 Å². The van der Waals surface area contributed by atoms with Gasteiger partial charge in [-0.05, 0) is 31.0 Å². The van der Waals surface area contributed by atoms with Crippen molar-refractivity contribution < 1.29 is 19.5 Å². The molecule has 0 aromatic heterocycles. The van der Waals surface area contributed by atoms with Gasteiger partial charge in [-0.1, -0.05) is 18.9 Å². The molecule has 6 heteroatoms. The van der Waals surface area contributed by atoms with Crippen molar-refractivity contribution in [2.75, 3.05) is 13.6 Å². The van der Waals surface area contributed by atoms with Gasteiger partial charge in [-0.15, -0.1) is 0 Å². The number of benzene rings is 1. The molecule has 0 fully saturated rings. The van der Waals surface area contributed by atoms with Crippen LogP contribution in [-0.2, 0) is 4.79 Å². The zero-order valence-corrected chi connectivity index (χ0v) is 12.7. The first-order chi connectivity index (χ1) is 10.5. The normalized spacial score (nSPS) is 10.0. The Kier molecular flexibility index (Phi) is 7.67. The molecule has 0 saturated heterocycles. The number of nitrogens with one attached hydrogen (secondary N) is 2. The van der Waals surface area contributed by atoms with Gasteiger partial charge in [-0.2, -0.15) is 0 Å². The molecule has 3 N–H and O–H groups in total. The van der Waals surface area contributed by atoms with E-state index in [4.69, 9.17) is 5.11 Å². The van der Waals surface area contributed by atoms with Gasteiger partial charge in [0, 0.05) is 31.1 Å². The summed E-state index contributed by atoms with van der Waals surface area (Å²) in [6.07, 6.45) is 3.39. The average Bonchev–Trinajstić information content (AvgIpc) is 2.52. The second kappa shape index (κ2) is 9.55. The van der Waals surface area contributed by atoms with Gasteiger partial charge in [0.25, 0.3) is 11.8 Å². The SMILES string of the molecule is CNC(=O)c1cccc(C(=O)NCCCCCCC(=O)O)c1. The summed E-state index contributed by atoms with van der Waals surface area (Å²) in [4.78, 5) is 33.8. The third-order valence-corrected chi connectivity index (χ3v) is 3.22. The number of unbranched alkanes of at least 4 members (excludes halogenated alkanes) is 3. The molecule has 1 aromatic carbocycles. The molecule has 0 aliphatic heterocycles. The lowest BCUT2D eigenvalue weighted by molar-refractivity contribution is -0.137. The summed E-state index contributed by atoms with van der Waals surface area (Å²) in [5, 5.41) is 13.8. The minimum Gasteiger partial charge on any atom is -0.481 e. The van der Waals surface area contributed by atoms with Gasteiger partial charge in [0.05, 0.1) is 0 Å². The largest absolute Gasteiger partial charge is 0.481 e. The molecule has 0 atom stereocenters. The summed E-state index contributed by atoms with van der Waals surface area (Å²) >= 11 is 0. The van der Waals surface area contributed by atoms with Crippen molar-refractivity contribution in [2.24, 2.45) is 0 Å². The van der Waals surface area contributed by atoms with Crippen LogP contribution in [0.25, 0.3) is 0 Å². The van der Waals surface area contributed by atoms with Crippen LogP contribution in [0.4, 0.5) is 0 Å². The first kappa shape index (κ1) is 17.7. The fourth-order valence-corrected chi connectivity index (χ4v) is 2.00. The highest BCUT2D eigenvalue weighted by molar-refractivity contribution is 5.99. The van der Waals surface area contributed by atoms with E-state index < -0.39 is 5.97 Å². The second-order valence-corrected chi connectivity index (χ2v) is 4.97. The quantitative estimate of drug-likeness (QED) is 0.606. The Morgan fingerprint density at radius 3 is 2.27 bits per heavy atom. The molecule has 22 heavy (non-hydrogen) atoms. The van der Waals surface area contributed by atoms with Crippen LogP contribution in [-0.4, -0.2) is 36.5 Å². The monoisotopic (exact) mass is 306 g/mol. The molecule has 120 valence electrons. The van der Waals surface area contributed by atoms with E-state index in [-0.39, 0.29) is 18.2 Å². The van der Waals surface area contributed by atoms with E-state index in [9.17, 15) is 14.4 Å². The molecule has 0 radical (unpaired) electrons. The van der Waals surface area contributed by atoms with E-state index in [1.807, 2.05) is 0 Å². The van der Waals surface area contributed by atoms with Gasteiger partial charge < -0.3 is 15.7 Å². The van der Waals surface area contributed by atoms with Crippen LogP contribution in [0, 0.1) is 0 Å². The number of carboxylic acid groups (broad SMARTS) is 1. The summed E-state index contributed by atoms with van der Waals surface area (Å²) in [7, 11) is 1.54. The number of amides is 2. The van der Waals surface area contributed by atoms with Crippen molar-refractivity contribution in [3.05, 3.63) is 35.4 Å². The highest BCUT2D eigenvalue weighted by Crippen LogP contribution is 2.06. The number of hydrogen-bond donors (Lipinski definition) is 3. The Hall–Kier alpha value is -2.37. The number of aliphatic carboxylic acids is 1. The van der Waals surface area contributed by atoms with Gasteiger partial charge in [0.2, 0.25) is 0 Å². The summed E-state index contributed by atoms with van der Waals surface area (Å²) in [6.45, 7) is 0.538. The second-order valence-electron chi connectivity index (χ2n) is 4.97. The van der Waals surface area contributed by atoms with Gasteiger partial charge in [0.1, 0.15) is 0 Å². The lowest BCUT2D eigenvalue weighted by atomic mass is 10.1. The Labute approximate surface area is 129 Å². The van der Waals surface area contributed by atoms with Gasteiger partial charge >= 0.3 is 5.97 Å². The molecule has 6 nitrogen and oxygen atoms in total. The third kappa shape index (κ3) is 6.39. The first-order valence-corrected chi connectivity index (χ1v) is 7.36. The summed E-state index contributed by atoms with van der Waals surface area (Å²) in [5.74, 6) is -1.21. The third-order valence-electron chi connectivity index (χ3n) is 3.22. The lowest BCUT2D eigenvalue weighted by Crippen LogP contribution is -2.25. The van der Waals surface area contributed by atoms with Crippen molar-refractivity contribution >= 4 is 17.8 Å². The highest BCUT2D eigenvalue weighted by Gasteiger charge is 2.08. The minimum absolute atomic E-state index is 0.193. The number of carbonyl (C=O) groups excluding carboxylic acids is 2. The molecule has 0 bridgehead atoms. The molecule has 2 amide bonds. The first-order valence-electron chi connectivity index (χ1n) is 7.36. The Morgan fingerprint density at radius 1 is 1.00 bits per heavy atom. The smallest absolute Gasteiger partial charge is 0.303 e. The average molecular weight is 306 g/mol. The maximum absolute atomic E-state index is 12.0. The van der Waals surface area contributed by atoms with E-state index in [0.29, 0.717) is 24.1 Å². The predicted molar refractivity (Wildman–Crippen MR) is 82.9 cm³/mol. The molecule has 0 unspecified atom stereocenters. The maximum atomic E-state index is 12.0. The van der Waals surface area contributed by atoms with Crippen LogP contribution in [0.1, 0.15) is 52.8 Å². The topological polar surface area (TPSA) is 95.5 Å². The fraction of sp³-hybridized carbons (Fsp3) is 0.438. The lowest BCUT2D eigenvalue weighted by Gasteiger charge is -2.06. The number of hydrogen-bond acceptors (Lipinski definition) is 3. The van der Waals surface area contributed by atoms with E-state index in [2.05, 4.69) is 10.6 Å². The fourth-order valence-electron chi connectivity index (χ4n) is 2.00. The minimum atomic E-state index is -0.774. The van der Waals surface area contributed by atoms with Crippen molar-refractivity contribution in [3.63, 3.8) is 0 Å². The van der Waals surface area contributed by atoms with Crippen LogP contribution in [0.15, 0.2) is 24.3 Å². The zero-order chi connectivity index (χ0) is 16.4. The van der Waals surface area contributed by atoms with Crippen molar-refractivity contribution in [1.82, 2.24) is 10.6 Å². The maximum Gasteiger partial charge on any atom is 0.303 e. The van der Waals surface area contributed by atoms with Crippen molar-refractivity contribution in [3.8, 4) is 0 Å². The van der Waals surface area contributed by atoms with E-state index in [1.165, 1.54) is 0 Å². The zero-order valence-electron chi connectivity index (χ0n) is 12.7. The highest BCUT2D eigenvalue weighted by atomic mass is 16.4. The molecule has 0 saturated carbocycles. The molecule has 0 heterocycles. The number of carboxylic acids is 1. The van der Waals surface area contributed by atoms with Crippen molar-refractivity contribution in [2.45, 2.75) is 32.1 Å². The van der Waals surface area contributed by atoms with Crippen LogP contribution >= 0.6 is 0 Å². The molecule has 1 rings (SSSR count). The summed E-state index contributed by atoms with van der Waals surface area (Å²) in [5.41, 5.74) is 0.899. The summed E-state index contributed by atoms with van der Waals surface area (Å²) in [6, 6.07) is 6.54. The van der Waals surface area contributed by atoms with E-state index >= 15 is 0 Å². The predicted octanol–water partition coefficient (Wildman–Crippen LogP) is 1.81. The number of carbonyl (C=O) groups is 3. The molecule has 1 aromatic rings. The number of rotatable bonds is 9. The van der Waals surface area contributed by atoms with E-state index in [1.54, 1.807) is 31.3 Å². The molecular weight excluding hydrogens is 284 g/mol. The van der Waals surface area contributed by atoms with Crippen molar-refractivity contribution in [1.29, 1.82) is 0 Å².